The molecule has 0 aromatic heterocycles. The van der Waals surface area contributed by atoms with E-state index >= 15 is 0 Å². The van der Waals surface area contributed by atoms with Crippen LogP contribution in [0.3, 0.4) is 0 Å². The molecule has 0 aromatic rings. The van der Waals surface area contributed by atoms with E-state index in [0.29, 0.717) is 12.5 Å². The Bertz CT molecular complexity index is 168. The first-order valence-corrected chi connectivity index (χ1v) is 4.30. The molecule has 1 saturated carbocycles. The lowest BCUT2D eigenvalue weighted by Crippen LogP contribution is -2.34. The van der Waals surface area contributed by atoms with Crippen molar-refractivity contribution in [3.8, 4) is 0 Å². The summed E-state index contributed by atoms with van der Waals surface area (Å²) in [5.74, 6) is -0.904. The van der Waals surface area contributed by atoms with Crippen LogP contribution in [0.15, 0.2) is 0 Å². The molecule has 4 heteroatoms. The molecule has 3 N–H and O–H groups in total. The minimum atomic E-state index is -0.904. The van der Waals surface area contributed by atoms with Crippen molar-refractivity contribution in [2.24, 2.45) is 5.73 Å². The quantitative estimate of drug-likeness (QED) is 0.607. The molecular formula is C8H16N2O2. The van der Waals surface area contributed by atoms with Crippen LogP contribution in [0, 0.1) is 0 Å². The zero-order chi connectivity index (χ0) is 9.14. The Morgan fingerprint density at radius 1 is 1.75 bits per heavy atom. The summed E-state index contributed by atoms with van der Waals surface area (Å²) in [6.45, 7) is 0.790. The van der Waals surface area contributed by atoms with Gasteiger partial charge in [-0.2, -0.15) is 0 Å². The van der Waals surface area contributed by atoms with Crippen LogP contribution in [0.4, 0.5) is 0 Å². The van der Waals surface area contributed by atoms with E-state index in [1.165, 1.54) is 12.8 Å². The monoisotopic (exact) mass is 172 g/mol. The van der Waals surface area contributed by atoms with Crippen LogP contribution in [0.5, 0.6) is 0 Å². The van der Waals surface area contributed by atoms with Crippen LogP contribution in [-0.2, 0) is 4.79 Å². The summed E-state index contributed by atoms with van der Waals surface area (Å²) in [7, 11) is 2.02. The fraction of sp³-hybridized carbons (Fsp3) is 0.875. The molecule has 1 fully saturated rings. The number of carboxylic acid groups (broad SMARTS) is 1. The number of hydrogen-bond acceptors (Lipinski definition) is 3. The van der Waals surface area contributed by atoms with Crippen molar-refractivity contribution >= 4 is 5.97 Å². The van der Waals surface area contributed by atoms with Crippen molar-refractivity contribution in [2.45, 2.75) is 31.3 Å². The molecule has 0 aliphatic heterocycles. The second kappa shape index (κ2) is 3.87. The fourth-order valence-corrected chi connectivity index (χ4v) is 1.16. The summed E-state index contributed by atoms with van der Waals surface area (Å²) >= 11 is 0. The van der Waals surface area contributed by atoms with Gasteiger partial charge in [0.2, 0.25) is 0 Å². The Labute approximate surface area is 72.3 Å². The first kappa shape index (κ1) is 9.48. The Morgan fingerprint density at radius 2 is 2.33 bits per heavy atom. The van der Waals surface area contributed by atoms with Crippen molar-refractivity contribution < 1.29 is 9.90 Å². The van der Waals surface area contributed by atoms with E-state index in [4.69, 9.17) is 10.8 Å². The molecule has 70 valence electrons. The molecule has 0 saturated heterocycles. The molecule has 4 nitrogen and oxygen atoms in total. The van der Waals surface area contributed by atoms with E-state index in [9.17, 15) is 4.79 Å². The zero-order valence-electron chi connectivity index (χ0n) is 7.36. The minimum Gasteiger partial charge on any atom is -0.480 e. The molecule has 0 spiro atoms. The Hall–Kier alpha value is -0.610. The second-order valence-electron chi connectivity index (χ2n) is 3.45. The summed E-state index contributed by atoms with van der Waals surface area (Å²) in [4.78, 5) is 12.5. The van der Waals surface area contributed by atoms with E-state index in [0.717, 1.165) is 6.54 Å². The number of rotatable bonds is 5. The van der Waals surface area contributed by atoms with E-state index in [-0.39, 0.29) is 0 Å². The Morgan fingerprint density at radius 3 is 2.75 bits per heavy atom. The minimum absolute atomic E-state index is 0.544. The van der Waals surface area contributed by atoms with Gasteiger partial charge in [-0.1, -0.05) is 0 Å². The van der Waals surface area contributed by atoms with Gasteiger partial charge in [-0.15, -0.1) is 0 Å². The molecule has 0 radical (unpaired) electrons. The lowest BCUT2D eigenvalue weighted by molar-refractivity contribution is -0.138. The average Bonchev–Trinajstić information content (AvgIpc) is 2.81. The molecule has 0 amide bonds. The number of hydrogen-bond donors (Lipinski definition) is 2. The summed E-state index contributed by atoms with van der Waals surface area (Å²) in [6.07, 6.45) is 3.04. The van der Waals surface area contributed by atoms with Gasteiger partial charge in [-0.05, 0) is 26.3 Å². The first-order valence-electron chi connectivity index (χ1n) is 4.30. The second-order valence-corrected chi connectivity index (χ2v) is 3.45. The van der Waals surface area contributed by atoms with Gasteiger partial charge in [-0.25, -0.2) is 0 Å². The third-order valence-electron chi connectivity index (χ3n) is 2.28. The number of carboxylic acids is 1. The summed E-state index contributed by atoms with van der Waals surface area (Å²) < 4.78 is 0. The molecule has 0 heterocycles. The van der Waals surface area contributed by atoms with Gasteiger partial charge >= 0.3 is 5.97 Å². The molecule has 12 heavy (non-hydrogen) atoms. The molecule has 0 bridgehead atoms. The topological polar surface area (TPSA) is 66.6 Å². The predicted octanol–water partition coefficient (Wildman–Crippen LogP) is -0.117. The highest BCUT2D eigenvalue weighted by molar-refractivity contribution is 5.72. The van der Waals surface area contributed by atoms with Crippen molar-refractivity contribution in [2.75, 3.05) is 13.6 Å². The molecule has 0 unspecified atom stereocenters. The lowest BCUT2D eigenvalue weighted by atomic mass is 10.2. The smallest absolute Gasteiger partial charge is 0.320 e. The fourth-order valence-electron chi connectivity index (χ4n) is 1.16. The molecule has 1 atom stereocenters. The third kappa shape index (κ3) is 2.79. The van der Waals surface area contributed by atoms with Gasteiger partial charge in [0.15, 0.2) is 0 Å². The predicted molar refractivity (Wildman–Crippen MR) is 45.9 cm³/mol. The van der Waals surface area contributed by atoms with Crippen LogP contribution < -0.4 is 5.73 Å². The van der Waals surface area contributed by atoms with Crippen molar-refractivity contribution in [3.05, 3.63) is 0 Å². The maximum absolute atomic E-state index is 10.4. The number of nitrogens with zero attached hydrogens (tertiary/aromatic N) is 1. The summed E-state index contributed by atoms with van der Waals surface area (Å²) in [5.41, 5.74) is 5.36. The van der Waals surface area contributed by atoms with E-state index in [1.807, 2.05) is 7.05 Å². The lowest BCUT2D eigenvalue weighted by Gasteiger charge is -2.16. The number of nitrogens with two attached hydrogens (primary N) is 1. The standard InChI is InChI=1S/C8H16N2O2/c1-10(6-2-3-6)5-4-7(9)8(11)12/h6-7H,2-5,9H2,1H3,(H,11,12)/t7-/m1/s1. The maximum Gasteiger partial charge on any atom is 0.320 e. The molecule has 1 aliphatic carbocycles. The largest absolute Gasteiger partial charge is 0.480 e. The van der Waals surface area contributed by atoms with Gasteiger partial charge in [0.05, 0.1) is 0 Å². The zero-order valence-corrected chi connectivity index (χ0v) is 7.36. The van der Waals surface area contributed by atoms with E-state index < -0.39 is 12.0 Å². The Balaban J connectivity index is 2.11. The van der Waals surface area contributed by atoms with E-state index in [2.05, 4.69) is 4.90 Å². The molecule has 0 aromatic carbocycles. The van der Waals surface area contributed by atoms with Crippen LogP contribution >= 0.6 is 0 Å². The van der Waals surface area contributed by atoms with Crippen molar-refractivity contribution in [1.29, 1.82) is 0 Å². The first-order chi connectivity index (χ1) is 5.61. The van der Waals surface area contributed by atoms with Crippen LogP contribution in [0.25, 0.3) is 0 Å². The van der Waals surface area contributed by atoms with Crippen molar-refractivity contribution in [3.63, 3.8) is 0 Å². The van der Waals surface area contributed by atoms with E-state index in [1.54, 1.807) is 0 Å². The summed E-state index contributed by atoms with van der Waals surface area (Å²) in [6, 6.07) is -0.0165. The van der Waals surface area contributed by atoms with Crippen LogP contribution in [0.2, 0.25) is 0 Å². The van der Waals surface area contributed by atoms with Gasteiger partial charge in [0.25, 0.3) is 0 Å². The molecule has 1 rings (SSSR count). The highest BCUT2D eigenvalue weighted by Gasteiger charge is 2.26. The van der Waals surface area contributed by atoms with Gasteiger partial charge in [0, 0.05) is 12.6 Å². The van der Waals surface area contributed by atoms with Gasteiger partial charge in [-0.3, -0.25) is 4.79 Å². The van der Waals surface area contributed by atoms with Gasteiger partial charge < -0.3 is 15.7 Å². The third-order valence-corrected chi connectivity index (χ3v) is 2.28. The SMILES string of the molecule is CN(CC[C@@H](N)C(=O)O)C1CC1. The molecular weight excluding hydrogens is 156 g/mol. The van der Waals surface area contributed by atoms with Crippen LogP contribution in [-0.4, -0.2) is 41.7 Å². The Kier molecular flexibility index (Phi) is 3.05. The number of carbonyl (C=O) groups is 1. The maximum atomic E-state index is 10.4. The summed E-state index contributed by atoms with van der Waals surface area (Å²) in [5, 5.41) is 8.51. The van der Waals surface area contributed by atoms with Crippen LogP contribution in [0.1, 0.15) is 19.3 Å². The van der Waals surface area contributed by atoms with Crippen molar-refractivity contribution in [1.82, 2.24) is 4.90 Å². The average molecular weight is 172 g/mol. The highest BCUT2D eigenvalue weighted by Crippen LogP contribution is 2.25. The van der Waals surface area contributed by atoms with Gasteiger partial charge in [0.1, 0.15) is 6.04 Å². The normalized spacial score (nSPS) is 19.6. The number of aliphatic carboxylic acids is 1. The molecule has 1 aliphatic rings. The highest BCUT2D eigenvalue weighted by atomic mass is 16.4.